The largest absolute Gasteiger partial charge is 0.300 e. The van der Waals surface area contributed by atoms with Crippen molar-refractivity contribution >= 4 is 11.5 Å². The molecule has 4 heteroatoms. The van der Waals surface area contributed by atoms with E-state index in [-0.39, 0.29) is 16.3 Å². The monoisotopic (exact) mass is 164 g/mol. The van der Waals surface area contributed by atoms with E-state index in [4.69, 9.17) is 5.84 Å². The zero-order valence-corrected chi connectivity index (χ0v) is 6.57. The Kier molecular flexibility index (Phi) is 2.19. The van der Waals surface area contributed by atoms with Gasteiger partial charge in [-0.15, -0.1) is 0 Å². The lowest BCUT2D eigenvalue weighted by Gasteiger charge is -1.91. The second-order valence-electron chi connectivity index (χ2n) is 2.34. The van der Waals surface area contributed by atoms with Crippen LogP contribution in [0.3, 0.4) is 0 Å². The number of hydrogen-bond acceptors (Lipinski definition) is 2. The maximum absolute atomic E-state index is 10.8. The van der Waals surface area contributed by atoms with E-state index in [9.17, 15) is 9.70 Å². The SMILES string of the molecule is CC(=O)c1cc[c]c([N+](N)=O)c1. The number of ketones is 1. The Balaban J connectivity index is 3.12. The van der Waals surface area contributed by atoms with Crippen molar-refractivity contribution < 1.29 is 9.66 Å². The minimum absolute atomic E-state index is 0.105. The van der Waals surface area contributed by atoms with Crippen LogP contribution in [-0.2, 0) is 0 Å². The predicted molar refractivity (Wildman–Crippen MR) is 42.8 cm³/mol. The summed E-state index contributed by atoms with van der Waals surface area (Å²) < 4.78 is 0. The molecule has 1 rings (SSSR count). The quantitative estimate of drug-likeness (QED) is 0.306. The Bertz CT molecular complexity index is 304. The van der Waals surface area contributed by atoms with Gasteiger partial charge >= 0.3 is 0 Å². The highest BCUT2D eigenvalue weighted by atomic mass is 16.3. The number of hydrazine groups is 1. The molecular weight excluding hydrogens is 156 g/mol. The molecule has 0 aromatic heterocycles. The number of Topliss-reactive ketones (excluding diaryl/α,β-unsaturated/α-hetero) is 1. The zero-order chi connectivity index (χ0) is 9.14. The minimum atomic E-state index is -0.105. The van der Waals surface area contributed by atoms with E-state index < -0.39 is 0 Å². The van der Waals surface area contributed by atoms with E-state index >= 15 is 0 Å². The number of carbonyl (C=O) groups excluding carboxylic acids is 1. The van der Waals surface area contributed by atoms with Crippen molar-refractivity contribution in [3.63, 3.8) is 0 Å². The lowest BCUT2D eigenvalue weighted by Crippen LogP contribution is -2.09. The van der Waals surface area contributed by atoms with Gasteiger partial charge in [-0.2, -0.15) is 5.84 Å². The highest BCUT2D eigenvalue weighted by molar-refractivity contribution is 5.94. The average Bonchev–Trinajstić information content (AvgIpc) is 2.04. The van der Waals surface area contributed by atoms with Gasteiger partial charge in [-0.1, -0.05) is 6.07 Å². The van der Waals surface area contributed by atoms with Gasteiger partial charge in [0.05, 0.1) is 11.0 Å². The Morgan fingerprint density at radius 2 is 2.33 bits per heavy atom. The van der Waals surface area contributed by atoms with Crippen molar-refractivity contribution in [3.05, 3.63) is 34.7 Å². The third-order valence-electron chi connectivity index (χ3n) is 1.43. The summed E-state index contributed by atoms with van der Waals surface area (Å²) in [6, 6.07) is 7.07. The molecule has 0 amide bonds. The van der Waals surface area contributed by atoms with Crippen LogP contribution in [-0.4, -0.2) is 10.7 Å². The van der Waals surface area contributed by atoms with Crippen molar-refractivity contribution in [2.75, 3.05) is 0 Å². The van der Waals surface area contributed by atoms with Gasteiger partial charge in [-0.25, -0.2) is 0 Å². The topological polar surface area (TPSA) is 63.2 Å². The molecule has 0 aliphatic carbocycles. The number of rotatable bonds is 2. The molecular formula is C8H8N2O2+. The number of hydrogen-bond donors (Lipinski definition) is 1. The zero-order valence-electron chi connectivity index (χ0n) is 6.57. The number of carbonyl (C=O) groups is 1. The van der Waals surface area contributed by atoms with Gasteiger partial charge in [-0.05, 0) is 13.0 Å². The lowest BCUT2D eigenvalue weighted by molar-refractivity contribution is -0.475. The number of benzene rings is 1. The molecule has 1 aromatic carbocycles. The van der Waals surface area contributed by atoms with Crippen molar-refractivity contribution in [2.24, 2.45) is 5.84 Å². The molecule has 0 aliphatic heterocycles. The first kappa shape index (κ1) is 8.39. The van der Waals surface area contributed by atoms with E-state index in [0.29, 0.717) is 5.56 Å². The van der Waals surface area contributed by atoms with E-state index in [1.165, 1.54) is 19.1 Å². The molecule has 1 radical (unpaired) electrons. The maximum Gasteiger partial charge on any atom is 0.300 e. The van der Waals surface area contributed by atoms with Gasteiger partial charge in [0, 0.05) is 11.6 Å². The summed E-state index contributed by atoms with van der Waals surface area (Å²) in [6.07, 6.45) is 0. The van der Waals surface area contributed by atoms with Gasteiger partial charge < -0.3 is 0 Å². The lowest BCUT2D eigenvalue weighted by atomic mass is 10.1. The van der Waals surface area contributed by atoms with E-state index in [1.807, 2.05) is 0 Å². The Morgan fingerprint density at radius 1 is 1.67 bits per heavy atom. The van der Waals surface area contributed by atoms with Crippen LogP contribution in [0.25, 0.3) is 0 Å². The van der Waals surface area contributed by atoms with Crippen LogP contribution >= 0.6 is 0 Å². The Labute approximate surface area is 69.5 Å². The summed E-state index contributed by atoms with van der Waals surface area (Å²) in [6.45, 7) is 1.42. The maximum atomic E-state index is 10.8. The van der Waals surface area contributed by atoms with Crippen LogP contribution in [0.4, 0.5) is 5.69 Å². The molecule has 0 spiro atoms. The van der Waals surface area contributed by atoms with Crippen molar-refractivity contribution in [2.45, 2.75) is 6.92 Å². The fourth-order valence-electron chi connectivity index (χ4n) is 0.800. The molecule has 0 heterocycles. The number of nitrogens with zero attached hydrogens (tertiary/aromatic N) is 1. The number of nitroso groups, excluding NO2 is 1. The highest BCUT2D eigenvalue weighted by Gasteiger charge is 2.10. The second-order valence-corrected chi connectivity index (χ2v) is 2.34. The molecule has 4 nitrogen and oxygen atoms in total. The first-order valence-corrected chi connectivity index (χ1v) is 3.36. The van der Waals surface area contributed by atoms with E-state index in [0.717, 1.165) is 0 Å². The van der Waals surface area contributed by atoms with Gasteiger partial charge in [0.2, 0.25) is 0 Å². The minimum Gasteiger partial charge on any atom is -0.295 e. The highest BCUT2D eigenvalue weighted by Crippen LogP contribution is 2.10. The predicted octanol–water partition coefficient (Wildman–Crippen LogP) is 0.973. The molecule has 0 aliphatic rings. The molecule has 61 valence electrons. The third kappa shape index (κ3) is 1.66. The molecule has 12 heavy (non-hydrogen) atoms. The summed E-state index contributed by atoms with van der Waals surface area (Å²) in [5.41, 5.74) is 0.609. The van der Waals surface area contributed by atoms with Crippen LogP contribution in [0.1, 0.15) is 17.3 Å². The van der Waals surface area contributed by atoms with Crippen LogP contribution in [0, 0.1) is 11.0 Å². The van der Waals surface area contributed by atoms with E-state index in [1.54, 1.807) is 6.07 Å². The smallest absolute Gasteiger partial charge is 0.295 e. The van der Waals surface area contributed by atoms with Crippen LogP contribution in [0.15, 0.2) is 18.2 Å². The Morgan fingerprint density at radius 3 is 2.83 bits per heavy atom. The standard InChI is InChI=1S/C8H8N2O2/c1-6(11)7-3-2-4-8(5-7)10(9)12/h2-3,5H,1H3,(H2,9,12)/q+1. The molecule has 0 atom stereocenters. The van der Waals surface area contributed by atoms with Gasteiger partial charge in [0.25, 0.3) is 5.69 Å². The normalized spacial score (nSPS) is 9.42. The number of nitrogens with two attached hydrogens (primary N) is 1. The molecule has 0 fully saturated rings. The second kappa shape index (κ2) is 3.13. The molecule has 0 unspecified atom stereocenters. The molecule has 0 saturated carbocycles. The summed E-state index contributed by atoms with van der Waals surface area (Å²) in [7, 11) is 0. The van der Waals surface area contributed by atoms with Crippen molar-refractivity contribution in [1.82, 2.24) is 0 Å². The molecule has 0 saturated heterocycles. The van der Waals surface area contributed by atoms with Crippen LogP contribution in [0.2, 0.25) is 0 Å². The van der Waals surface area contributed by atoms with Gasteiger partial charge in [0.15, 0.2) is 10.7 Å². The van der Waals surface area contributed by atoms with Crippen molar-refractivity contribution in [1.29, 1.82) is 0 Å². The van der Waals surface area contributed by atoms with Crippen molar-refractivity contribution in [3.8, 4) is 0 Å². The summed E-state index contributed by atoms with van der Waals surface area (Å²) in [5, 5.41) is 0. The fourth-order valence-corrected chi connectivity index (χ4v) is 0.800. The Hall–Kier alpha value is -1.71. The third-order valence-corrected chi connectivity index (χ3v) is 1.43. The van der Waals surface area contributed by atoms with Gasteiger partial charge in [0.1, 0.15) is 0 Å². The fraction of sp³-hybridized carbons (Fsp3) is 0.125. The first-order valence-electron chi connectivity index (χ1n) is 3.36. The summed E-state index contributed by atoms with van der Waals surface area (Å²) >= 11 is 0. The first-order chi connectivity index (χ1) is 5.61. The average molecular weight is 164 g/mol. The van der Waals surface area contributed by atoms with E-state index in [2.05, 4.69) is 6.07 Å². The molecule has 2 N–H and O–H groups in total. The van der Waals surface area contributed by atoms with Crippen LogP contribution in [0.5, 0.6) is 0 Å². The summed E-state index contributed by atoms with van der Waals surface area (Å²) in [5.74, 6) is 4.81. The molecule has 1 aromatic rings. The summed E-state index contributed by atoms with van der Waals surface area (Å²) in [4.78, 5) is 21.6. The molecule has 0 bridgehead atoms. The van der Waals surface area contributed by atoms with Crippen LogP contribution < -0.4 is 5.84 Å². The van der Waals surface area contributed by atoms with Gasteiger partial charge in [-0.3, -0.25) is 4.79 Å².